The van der Waals surface area contributed by atoms with Crippen LogP contribution in [0.25, 0.3) is 11.0 Å². The van der Waals surface area contributed by atoms with Crippen LogP contribution in [0.3, 0.4) is 0 Å². The predicted molar refractivity (Wildman–Crippen MR) is 66.8 cm³/mol. The van der Waals surface area contributed by atoms with E-state index in [4.69, 9.17) is 0 Å². The first-order valence-corrected chi connectivity index (χ1v) is 5.59. The smallest absolute Gasteiger partial charge is 0.143 e. The Bertz CT molecular complexity index is 485. The van der Waals surface area contributed by atoms with Gasteiger partial charge in [0.05, 0.1) is 5.39 Å². The van der Waals surface area contributed by atoms with Gasteiger partial charge in [0, 0.05) is 26.7 Å². The number of fused-ring (bicyclic) bond motifs is 1. The molecule has 0 atom stereocenters. The lowest BCUT2D eigenvalue weighted by Gasteiger charge is -2.14. The van der Waals surface area contributed by atoms with E-state index in [-0.39, 0.29) is 0 Å². The van der Waals surface area contributed by atoms with Gasteiger partial charge in [0.2, 0.25) is 0 Å². The largest absolute Gasteiger partial charge is 0.362 e. The lowest BCUT2D eigenvalue weighted by atomic mass is 10.1. The van der Waals surface area contributed by atoms with Crippen LogP contribution in [0.5, 0.6) is 0 Å². The van der Waals surface area contributed by atoms with Gasteiger partial charge in [-0.05, 0) is 12.0 Å². The van der Waals surface area contributed by atoms with Crippen LogP contribution in [0.1, 0.15) is 19.7 Å². The van der Waals surface area contributed by atoms with Gasteiger partial charge in [0.25, 0.3) is 0 Å². The normalized spacial score (nSPS) is 11.3. The van der Waals surface area contributed by atoms with E-state index in [1.165, 1.54) is 0 Å². The van der Waals surface area contributed by atoms with E-state index >= 15 is 0 Å². The van der Waals surface area contributed by atoms with E-state index in [2.05, 4.69) is 28.8 Å². The molecule has 0 saturated carbocycles. The van der Waals surface area contributed by atoms with Crippen LogP contribution in [-0.2, 0) is 6.42 Å². The summed E-state index contributed by atoms with van der Waals surface area (Å²) in [5, 5.41) is 1.08. The van der Waals surface area contributed by atoms with E-state index in [1.54, 1.807) is 0 Å². The summed E-state index contributed by atoms with van der Waals surface area (Å²) in [7, 11) is 4.02. The molecular formula is C12H18N4. The molecule has 2 heterocycles. The first kappa shape index (κ1) is 10.9. The van der Waals surface area contributed by atoms with Crippen LogP contribution in [0.15, 0.2) is 12.3 Å². The molecule has 1 N–H and O–H groups in total. The van der Waals surface area contributed by atoms with Crippen LogP contribution < -0.4 is 4.90 Å². The molecule has 4 heteroatoms. The summed E-state index contributed by atoms with van der Waals surface area (Å²) in [5.41, 5.74) is 0.925. The SMILES string of the molecule is CC(C)Cc1nc(N(C)C)c2cc[nH]c2n1. The number of H-pyrrole nitrogens is 1. The van der Waals surface area contributed by atoms with Crippen molar-refractivity contribution < 1.29 is 0 Å². The topological polar surface area (TPSA) is 44.8 Å². The highest BCUT2D eigenvalue weighted by Gasteiger charge is 2.10. The standard InChI is InChI=1S/C12H18N4/c1-8(2)7-10-14-11-9(5-6-13-11)12(15-10)16(3)4/h5-6,8H,7H2,1-4H3,(H,13,14,15). The summed E-state index contributed by atoms with van der Waals surface area (Å²) in [5.74, 6) is 2.47. The van der Waals surface area contributed by atoms with Gasteiger partial charge < -0.3 is 9.88 Å². The highest BCUT2D eigenvalue weighted by atomic mass is 15.2. The molecule has 2 aromatic heterocycles. The average Bonchev–Trinajstić information content (AvgIpc) is 2.62. The van der Waals surface area contributed by atoms with Gasteiger partial charge in [-0.25, -0.2) is 9.97 Å². The molecule has 0 aliphatic carbocycles. The zero-order valence-electron chi connectivity index (χ0n) is 10.3. The first-order chi connectivity index (χ1) is 7.58. The van der Waals surface area contributed by atoms with Crippen LogP contribution in [0, 0.1) is 5.92 Å². The number of aromatic amines is 1. The molecule has 0 aromatic carbocycles. The first-order valence-electron chi connectivity index (χ1n) is 5.59. The number of hydrogen-bond donors (Lipinski definition) is 1. The Balaban J connectivity index is 2.53. The second-order valence-electron chi connectivity index (χ2n) is 4.70. The van der Waals surface area contributed by atoms with Gasteiger partial charge in [-0.3, -0.25) is 0 Å². The Labute approximate surface area is 95.7 Å². The molecule has 86 valence electrons. The molecule has 0 unspecified atom stereocenters. The van der Waals surface area contributed by atoms with Crippen molar-refractivity contribution in [2.24, 2.45) is 5.92 Å². The van der Waals surface area contributed by atoms with Gasteiger partial charge in [0.1, 0.15) is 17.3 Å². The van der Waals surface area contributed by atoms with Crippen molar-refractivity contribution in [1.29, 1.82) is 0 Å². The molecule has 0 amide bonds. The zero-order valence-corrected chi connectivity index (χ0v) is 10.3. The minimum Gasteiger partial charge on any atom is -0.362 e. The third kappa shape index (κ3) is 2.01. The lowest BCUT2D eigenvalue weighted by molar-refractivity contribution is 0.622. The van der Waals surface area contributed by atoms with E-state index in [9.17, 15) is 0 Å². The Morgan fingerprint density at radius 1 is 1.31 bits per heavy atom. The lowest BCUT2D eigenvalue weighted by Crippen LogP contribution is -2.13. The molecule has 0 spiro atoms. The van der Waals surface area contributed by atoms with E-state index in [0.29, 0.717) is 5.92 Å². The Hall–Kier alpha value is -1.58. The Morgan fingerprint density at radius 2 is 2.06 bits per heavy atom. The Kier molecular flexibility index (Phi) is 2.81. The summed E-state index contributed by atoms with van der Waals surface area (Å²) in [6.07, 6.45) is 2.82. The fourth-order valence-corrected chi connectivity index (χ4v) is 1.77. The molecular weight excluding hydrogens is 200 g/mol. The van der Waals surface area contributed by atoms with Crippen molar-refractivity contribution in [3.63, 3.8) is 0 Å². The molecule has 16 heavy (non-hydrogen) atoms. The van der Waals surface area contributed by atoms with E-state index < -0.39 is 0 Å². The predicted octanol–water partition coefficient (Wildman–Crippen LogP) is 2.22. The van der Waals surface area contributed by atoms with Gasteiger partial charge >= 0.3 is 0 Å². The maximum Gasteiger partial charge on any atom is 0.143 e. The monoisotopic (exact) mass is 218 g/mol. The maximum atomic E-state index is 4.61. The average molecular weight is 218 g/mol. The molecule has 4 nitrogen and oxygen atoms in total. The summed E-state index contributed by atoms with van der Waals surface area (Å²) >= 11 is 0. The second-order valence-corrected chi connectivity index (χ2v) is 4.70. The number of nitrogens with one attached hydrogen (secondary N) is 1. The van der Waals surface area contributed by atoms with Gasteiger partial charge in [0.15, 0.2) is 0 Å². The van der Waals surface area contributed by atoms with Crippen LogP contribution in [0.4, 0.5) is 5.82 Å². The van der Waals surface area contributed by atoms with Crippen LogP contribution in [0.2, 0.25) is 0 Å². The summed E-state index contributed by atoms with van der Waals surface area (Å²) in [6, 6.07) is 2.02. The molecule has 2 rings (SSSR count). The minimum absolute atomic E-state index is 0.572. The van der Waals surface area contributed by atoms with Gasteiger partial charge in [-0.1, -0.05) is 13.8 Å². The molecule has 0 saturated heterocycles. The highest BCUT2D eigenvalue weighted by molar-refractivity contribution is 5.87. The maximum absolute atomic E-state index is 4.61. The zero-order chi connectivity index (χ0) is 11.7. The number of anilines is 1. The number of rotatable bonds is 3. The van der Waals surface area contributed by atoms with Crippen molar-refractivity contribution in [3.8, 4) is 0 Å². The molecule has 0 fully saturated rings. The minimum atomic E-state index is 0.572. The van der Waals surface area contributed by atoms with E-state index in [0.717, 1.165) is 29.1 Å². The van der Waals surface area contributed by atoms with Crippen molar-refractivity contribution in [3.05, 3.63) is 18.1 Å². The third-order valence-electron chi connectivity index (χ3n) is 2.46. The van der Waals surface area contributed by atoms with Crippen molar-refractivity contribution >= 4 is 16.9 Å². The van der Waals surface area contributed by atoms with Crippen molar-refractivity contribution in [1.82, 2.24) is 15.0 Å². The summed E-state index contributed by atoms with van der Waals surface area (Å²) in [4.78, 5) is 14.3. The Morgan fingerprint density at radius 3 is 2.69 bits per heavy atom. The number of nitrogens with zero attached hydrogens (tertiary/aromatic N) is 3. The molecule has 0 aliphatic rings. The third-order valence-corrected chi connectivity index (χ3v) is 2.46. The van der Waals surface area contributed by atoms with Crippen LogP contribution >= 0.6 is 0 Å². The van der Waals surface area contributed by atoms with Gasteiger partial charge in [-0.15, -0.1) is 0 Å². The molecule has 0 bridgehead atoms. The number of aromatic nitrogens is 3. The van der Waals surface area contributed by atoms with Crippen molar-refractivity contribution in [2.45, 2.75) is 20.3 Å². The highest BCUT2D eigenvalue weighted by Crippen LogP contribution is 2.22. The fraction of sp³-hybridized carbons (Fsp3) is 0.500. The molecule has 2 aromatic rings. The van der Waals surface area contributed by atoms with Crippen LogP contribution in [-0.4, -0.2) is 29.0 Å². The van der Waals surface area contributed by atoms with Crippen molar-refractivity contribution in [2.75, 3.05) is 19.0 Å². The van der Waals surface area contributed by atoms with Gasteiger partial charge in [-0.2, -0.15) is 0 Å². The molecule has 0 aliphatic heterocycles. The summed E-state index contributed by atoms with van der Waals surface area (Å²) < 4.78 is 0. The fourth-order valence-electron chi connectivity index (χ4n) is 1.77. The quantitative estimate of drug-likeness (QED) is 0.859. The van der Waals surface area contributed by atoms with E-state index in [1.807, 2.05) is 31.3 Å². The number of hydrogen-bond acceptors (Lipinski definition) is 3. The molecule has 0 radical (unpaired) electrons. The summed E-state index contributed by atoms with van der Waals surface area (Å²) in [6.45, 7) is 4.36. The second kappa shape index (κ2) is 4.12.